The summed E-state index contributed by atoms with van der Waals surface area (Å²) in [5.74, 6) is -0.276. The van der Waals surface area contributed by atoms with E-state index in [1.807, 2.05) is 6.92 Å². The van der Waals surface area contributed by atoms with Crippen molar-refractivity contribution < 1.29 is 4.79 Å². The Morgan fingerprint density at radius 1 is 1.47 bits per heavy atom. The van der Waals surface area contributed by atoms with Gasteiger partial charge in [-0.05, 0) is 47.7 Å². The molecule has 0 bridgehead atoms. The second-order valence-electron chi connectivity index (χ2n) is 3.52. The molecule has 2 N–H and O–H groups in total. The summed E-state index contributed by atoms with van der Waals surface area (Å²) in [6, 6.07) is 5.26. The highest BCUT2D eigenvalue weighted by Gasteiger charge is 2.14. The van der Waals surface area contributed by atoms with Crippen molar-refractivity contribution in [3.8, 4) is 0 Å². The third kappa shape index (κ3) is 3.77. The number of nitrogens with zero attached hydrogens (tertiary/aromatic N) is 2. The summed E-state index contributed by atoms with van der Waals surface area (Å²) >= 11 is 9.20. The van der Waals surface area contributed by atoms with Crippen LogP contribution in [0, 0.1) is 3.57 Å². The van der Waals surface area contributed by atoms with Crippen LogP contribution in [0.25, 0.3) is 0 Å². The largest absolute Gasteiger partial charge is 0.360 e. The Labute approximate surface area is 132 Å². The molecule has 0 unspecified atom stereocenters. The van der Waals surface area contributed by atoms with Crippen LogP contribution in [-0.2, 0) is 0 Å². The molecule has 0 saturated heterocycles. The molecular weight excluding hydrogens is 399 g/mol. The number of carbonyl (C=O) groups excluding carboxylic acids is 1. The fraction of sp³-hybridized carbons (Fsp3) is 0.182. The molecule has 2 aromatic rings. The molecule has 5 nitrogen and oxygen atoms in total. The van der Waals surface area contributed by atoms with E-state index < -0.39 is 0 Å². The van der Waals surface area contributed by atoms with Crippen LogP contribution in [0.2, 0.25) is 5.02 Å². The number of rotatable bonds is 4. The van der Waals surface area contributed by atoms with E-state index in [2.05, 4.69) is 43.4 Å². The number of hydrogen-bond acceptors (Lipinski definition) is 5. The second-order valence-corrected chi connectivity index (χ2v) is 6.10. The molecule has 0 aliphatic heterocycles. The normalized spacial score (nSPS) is 10.3. The van der Waals surface area contributed by atoms with Gasteiger partial charge in [0.25, 0.3) is 5.91 Å². The molecule has 2 rings (SSSR count). The van der Waals surface area contributed by atoms with E-state index in [-0.39, 0.29) is 5.91 Å². The SMILES string of the molecule is CCNc1nnc(C(=O)Nc2ccc(Cl)cc2I)s1. The predicted molar refractivity (Wildman–Crippen MR) is 86.2 cm³/mol. The topological polar surface area (TPSA) is 66.9 Å². The van der Waals surface area contributed by atoms with Gasteiger partial charge in [-0.3, -0.25) is 4.79 Å². The van der Waals surface area contributed by atoms with Crippen LogP contribution in [0.3, 0.4) is 0 Å². The van der Waals surface area contributed by atoms with Gasteiger partial charge in [0.05, 0.1) is 5.69 Å². The molecule has 0 aliphatic rings. The van der Waals surface area contributed by atoms with Crippen molar-refractivity contribution in [2.24, 2.45) is 0 Å². The lowest BCUT2D eigenvalue weighted by Crippen LogP contribution is -2.12. The third-order valence-electron chi connectivity index (χ3n) is 2.13. The molecule has 1 aromatic heterocycles. The van der Waals surface area contributed by atoms with Gasteiger partial charge in [0.2, 0.25) is 10.1 Å². The number of carbonyl (C=O) groups is 1. The van der Waals surface area contributed by atoms with Crippen LogP contribution in [0.1, 0.15) is 16.7 Å². The second kappa shape index (κ2) is 6.49. The average Bonchev–Trinajstić information content (AvgIpc) is 2.82. The number of anilines is 2. The van der Waals surface area contributed by atoms with Crippen molar-refractivity contribution in [3.63, 3.8) is 0 Å². The average molecular weight is 409 g/mol. The van der Waals surface area contributed by atoms with Crippen LogP contribution < -0.4 is 10.6 Å². The zero-order chi connectivity index (χ0) is 13.8. The first-order valence-corrected chi connectivity index (χ1v) is 7.71. The smallest absolute Gasteiger partial charge is 0.286 e. The highest BCUT2D eigenvalue weighted by atomic mass is 127. The van der Waals surface area contributed by atoms with Crippen molar-refractivity contribution >= 4 is 62.3 Å². The van der Waals surface area contributed by atoms with Crippen molar-refractivity contribution in [2.75, 3.05) is 17.2 Å². The summed E-state index contributed by atoms with van der Waals surface area (Å²) in [5.41, 5.74) is 0.704. The zero-order valence-electron chi connectivity index (χ0n) is 9.91. The predicted octanol–water partition coefficient (Wildman–Crippen LogP) is 3.48. The number of hydrogen-bond donors (Lipinski definition) is 2. The number of nitrogens with one attached hydrogen (secondary N) is 2. The van der Waals surface area contributed by atoms with Gasteiger partial charge in [-0.1, -0.05) is 22.9 Å². The lowest BCUT2D eigenvalue weighted by molar-refractivity contribution is 0.102. The van der Waals surface area contributed by atoms with Crippen molar-refractivity contribution in [1.82, 2.24) is 10.2 Å². The van der Waals surface area contributed by atoms with Gasteiger partial charge >= 0.3 is 0 Å². The minimum atomic E-state index is -0.276. The first-order valence-electron chi connectivity index (χ1n) is 5.44. The van der Waals surface area contributed by atoms with Gasteiger partial charge in [-0.15, -0.1) is 10.2 Å². The molecule has 0 saturated carbocycles. The van der Waals surface area contributed by atoms with E-state index in [0.29, 0.717) is 20.8 Å². The molecule has 100 valence electrons. The maximum absolute atomic E-state index is 12.0. The van der Waals surface area contributed by atoms with Gasteiger partial charge in [-0.25, -0.2) is 0 Å². The highest BCUT2D eigenvalue weighted by molar-refractivity contribution is 14.1. The Balaban J connectivity index is 2.11. The van der Waals surface area contributed by atoms with E-state index in [1.165, 1.54) is 11.3 Å². The molecule has 0 spiro atoms. The van der Waals surface area contributed by atoms with Crippen LogP contribution in [-0.4, -0.2) is 22.6 Å². The molecular formula is C11H10ClIN4OS. The number of halogens is 2. The Bertz CT molecular complexity index is 604. The zero-order valence-corrected chi connectivity index (χ0v) is 13.6. The van der Waals surface area contributed by atoms with Crippen molar-refractivity contribution in [3.05, 3.63) is 31.8 Å². The van der Waals surface area contributed by atoms with Crippen molar-refractivity contribution in [2.45, 2.75) is 6.92 Å². The van der Waals surface area contributed by atoms with E-state index in [1.54, 1.807) is 18.2 Å². The fourth-order valence-electron chi connectivity index (χ4n) is 1.30. The summed E-state index contributed by atoms with van der Waals surface area (Å²) in [4.78, 5) is 12.0. The van der Waals surface area contributed by atoms with Gasteiger partial charge in [0.15, 0.2) is 0 Å². The summed E-state index contributed by atoms with van der Waals surface area (Å²) in [5, 5.41) is 15.1. The molecule has 19 heavy (non-hydrogen) atoms. The number of amides is 1. The van der Waals surface area contributed by atoms with E-state index in [4.69, 9.17) is 11.6 Å². The Kier molecular flexibility index (Phi) is 4.94. The fourth-order valence-corrected chi connectivity index (χ4v) is 3.02. The molecule has 0 atom stereocenters. The van der Waals surface area contributed by atoms with E-state index >= 15 is 0 Å². The quantitative estimate of drug-likeness (QED) is 0.760. The van der Waals surface area contributed by atoms with Gasteiger partial charge in [0, 0.05) is 15.1 Å². The molecule has 1 amide bonds. The first-order chi connectivity index (χ1) is 9.10. The minimum Gasteiger partial charge on any atom is -0.360 e. The van der Waals surface area contributed by atoms with Gasteiger partial charge in [-0.2, -0.15) is 0 Å². The molecule has 0 aliphatic carbocycles. The Morgan fingerprint density at radius 3 is 2.95 bits per heavy atom. The Morgan fingerprint density at radius 2 is 2.26 bits per heavy atom. The lowest BCUT2D eigenvalue weighted by Gasteiger charge is -2.05. The molecule has 0 radical (unpaired) electrons. The number of benzene rings is 1. The van der Waals surface area contributed by atoms with Crippen LogP contribution in [0.15, 0.2) is 18.2 Å². The molecule has 1 heterocycles. The monoisotopic (exact) mass is 408 g/mol. The summed E-state index contributed by atoms with van der Waals surface area (Å²) < 4.78 is 0.870. The summed E-state index contributed by atoms with van der Waals surface area (Å²) in [6.07, 6.45) is 0. The van der Waals surface area contributed by atoms with Crippen LogP contribution >= 0.6 is 45.5 Å². The molecule has 8 heteroatoms. The number of aromatic nitrogens is 2. The molecule has 1 aromatic carbocycles. The maximum atomic E-state index is 12.0. The standard InChI is InChI=1S/C11H10ClIN4OS/c1-2-14-11-17-16-10(19-11)9(18)15-8-4-3-6(12)5-7(8)13/h3-5H,2H2,1H3,(H,14,17)(H,15,18). The lowest BCUT2D eigenvalue weighted by atomic mass is 10.3. The summed E-state index contributed by atoms with van der Waals surface area (Å²) in [6.45, 7) is 2.70. The third-order valence-corrected chi connectivity index (χ3v) is 4.13. The van der Waals surface area contributed by atoms with E-state index in [9.17, 15) is 4.79 Å². The highest BCUT2D eigenvalue weighted by Crippen LogP contribution is 2.23. The summed E-state index contributed by atoms with van der Waals surface area (Å²) in [7, 11) is 0. The maximum Gasteiger partial charge on any atom is 0.286 e. The van der Waals surface area contributed by atoms with Gasteiger partial charge < -0.3 is 10.6 Å². The first kappa shape index (κ1) is 14.5. The molecule has 0 fully saturated rings. The minimum absolute atomic E-state index is 0.276. The Hall–Kier alpha value is -0.930. The van der Waals surface area contributed by atoms with E-state index in [0.717, 1.165) is 10.1 Å². The van der Waals surface area contributed by atoms with Crippen LogP contribution in [0.5, 0.6) is 0 Å². The van der Waals surface area contributed by atoms with Crippen LogP contribution in [0.4, 0.5) is 10.8 Å². The van der Waals surface area contributed by atoms with Crippen molar-refractivity contribution in [1.29, 1.82) is 0 Å². The van der Waals surface area contributed by atoms with Gasteiger partial charge in [0.1, 0.15) is 0 Å².